The number of aliphatic hydroxyl groups excluding tert-OH is 1. The second kappa shape index (κ2) is 7.88. The quantitative estimate of drug-likeness (QED) is 0.811. The third kappa shape index (κ3) is 4.79. The Hall–Kier alpha value is -0.580. The van der Waals surface area contributed by atoms with Crippen LogP contribution in [-0.4, -0.2) is 23.7 Å². The van der Waals surface area contributed by atoms with Crippen molar-refractivity contribution in [3.63, 3.8) is 0 Å². The highest BCUT2D eigenvalue weighted by atomic mass is 35.5. The first kappa shape index (κ1) is 16.5. The topological polar surface area (TPSA) is 49.3 Å². The Bertz CT molecular complexity index is 404. The molecule has 108 valence electrons. The van der Waals surface area contributed by atoms with E-state index in [1.54, 1.807) is 6.07 Å². The third-order valence-corrected chi connectivity index (χ3v) is 4.91. The second-order valence-corrected chi connectivity index (χ2v) is 6.50. The number of hydrogen-bond donors (Lipinski definition) is 2. The molecule has 1 rings (SSSR count). The van der Waals surface area contributed by atoms with Crippen molar-refractivity contribution in [2.24, 2.45) is 5.92 Å². The summed E-state index contributed by atoms with van der Waals surface area (Å²) in [6, 6.07) is 3.67. The zero-order valence-electron chi connectivity index (χ0n) is 11.6. The number of aliphatic hydroxyl groups is 1. The molecule has 2 N–H and O–H groups in total. The van der Waals surface area contributed by atoms with Gasteiger partial charge in [0.2, 0.25) is 5.91 Å². The molecule has 0 spiro atoms. The molecule has 1 amide bonds. The fourth-order valence-corrected chi connectivity index (χ4v) is 3.16. The molecule has 0 bridgehead atoms. The van der Waals surface area contributed by atoms with E-state index in [1.807, 2.05) is 13.0 Å². The Morgan fingerprint density at radius 2 is 2.05 bits per heavy atom. The Labute approximate surface area is 124 Å². The molecule has 3 nitrogen and oxygen atoms in total. The SMILES string of the molecule is CCC(CC)C(O)CNC(=O)C(C)c1ccc(Cl)s1. The zero-order chi connectivity index (χ0) is 14.4. The molecule has 2 atom stereocenters. The lowest BCUT2D eigenvalue weighted by molar-refractivity contribution is -0.122. The first-order valence-corrected chi connectivity index (χ1v) is 7.90. The van der Waals surface area contributed by atoms with Crippen LogP contribution < -0.4 is 5.32 Å². The van der Waals surface area contributed by atoms with Gasteiger partial charge in [-0.1, -0.05) is 38.3 Å². The lowest BCUT2D eigenvalue weighted by Gasteiger charge is -2.21. The van der Waals surface area contributed by atoms with Crippen LogP contribution in [0.25, 0.3) is 0 Å². The van der Waals surface area contributed by atoms with Crippen LogP contribution in [0.2, 0.25) is 4.34 Å². The predicted octanol–water partition coefficient (Wildman–Crippen LogP) is 3.42. The van der Waals surface area contributed by atoms with Gasteiger partial charge in [-0.05, 0) is 25.0 Å². The molecule has 1 aromatic heterocycles. The van der Waals surface area contributed by atoms with E-state index in [0.717, 1.165) is 17.7 Å². The van der Waals surface area contributed by atoms with Crippen LogP contribution >= 0.6 is 22.9 Å². The summed E-state index contributed by atoms with van der Waals surface area (Å²) in [4.78, 5) is 12.9. The zero-order valence-corrected chi connectivity index (χ0v) is 13.2. The molecule has 5 heteroatoms. The smallest absolute Gasteiger partial charge is 0.228 e. The van der Waals surface area contributed by atoms with Crippen LogP contribution in [0.4, 0.5) is 0 Å². The van der Waals surface area contributed by atoms with E-state index in [9.17, 15) is 9.90 Å². The number of rotatable bonds is 7. The van der Waals surface area contributed by atoms with Gasteiger partial charge in [-0.2, -0.15) is 0 Å². The molecule has 2 unspecified atom stereocenters. The fourth-order valence-electron chi connectivity index (χ4n) is 2.05. The van der Waals surface area contributed by atoms with Gasteiger partial charge >= 0.3 is 0 Å². The predicted molar refractivity (Wildman–Crippen MR) is 80.8 cm³/mol. The van der Waals surface area contributed by atoms with Gasteiger partial charge in [0.05, 0.1) is 16.4 Å². The van der Waals surface area contributed by atoms with E-state index in [0.29, 0.717) is 10.9 Å². The van der Waals surface area contributed by atoms with Crippen molar-refractivity contribution in [1.82, 2.24) is 5.32 Å². The molecule has 0 saturated heterocycles. The lowest BCUT2D eigenvalue weighted by Crippen LogP contribution is -2.37. The van der Waals surface area contributed by atoms with Gasteiger partial charge in [-0.15, -0.1) is 11.3 Å². The van der Waals surface area contributed by atoms with Crippen molar-refractivity contribution in [3.05, 3.63) is 21.3 Å². The van der Waals surface area contributed by atoms with Crippen LogP contribution in [0.15, 0.2) is 12.1 Å². The highest BCUT2D eigenvalue weighted by Gasteiger charge is 2.20. The van der Waals surface area contributed by atoms with Gasteiger partial charge in [0.1, 0.15) is 0 Å². The molecule has 1 aromatic rings. The Kier molecular flexibility index (Phi) is 6.83. The highest BCUT2D eigenvalue weighted by Crippen LogP contribution is 2.28. The molecular weight excluding hydrogens is 282 g/mol. The molecular formula is C14H22ClNO2S. The Balaban J connectivity index is 2.47. The van der Waals surface area contributed by atoms with Gasteiger partial charge in [-0.3, -0.25) is 4.79 Å². The second-order valence-electron chi connectivity index (χ2n) is 4.75. The molecule has 0 aliphatic rings. The van der Waals surface area contributed by atoms with Crippen molar-refractivity contribution in [2.75, 3.05) is 6.54 Å². The molecule has 0 fully saturated rings. The highest BCUT2D eigenvalue weighted by molar-refractivity contribution is 7.16. The summed E-state index contributed by atoms with van der Waals surface area (Å²) in [6.07, 6.45) is 1.37. The first-order valence-electron chi connectivity index (χ1n) is 6.70. The third-order valence-electron chi connectivity index (χ3n) is 3.49. The van der Waals surface area contributed by atoms with Crippen molar-refractivity contribution < 1.29 is 9.90 Å². The fraction of sp³-hybridized carbons (Fsp3) is 0.643. The normalized spacial score (nSPS) is 14.4. The summed E-state index contributed by atoms with van der Waals surface area (Å²) < 4.78 is 0.687. The average Bonchev–Trinajstić information content (AvgIpc) is 2.83. The molecule has 0 saturated carbocycles. The minimum absolute atomic E-state index is 0.0662. The molecule has 0 aliphatic heterocycles. The van der Waals surface area contributed by atoms with Gasteiger partial charge < -0.3 is 10.4 Å². The summed E-state index contributed by atoms with van der Waals surface area (Å²) in [7, 11) is 0. The van der Waals surface area contributed by atoms with Crippen molar-refractivity contribution >= 4 is 28.8 Å². The maximum Gasteiger partial charge on any atom is 0.228 e. The van der Waals surface area contributed by atoms with Crippen molar-refractivity contribution in [1.29, 1.82) is 0 Å². The molecule has 19 heavy (non-hydrogen) atoms. The number of carbonyl (C=O) groups is 1. The van der Waals surface area contributed by atoms with E-state index in [-0.39, 0.29) is 17.7 Å². The number of amides is 1. The Morgan fingerprint density at radius 3 is 2.53 bits per heavy atom. The number of halogens is 1. The van der Waals surface area contributed by atoms with E-state index >= 15 is 0 Å². The summed E-state index contributed by atoms with van der Waals surface area (Å²) >= 11 is 7.28. The molecule has 0 aliphatic carbocycles. The van der Waals surface area contributed by atoms with Crippen LogP contribution in [-0.2, 0) is 4.79 Å². The standard InChI is InChI=1S/C14H22ClNO2S/c1-4-10(5-2)11(17)8-16-14(18)9(3)12-6-7-13(15)19-12/h6-7,9-11,17H,4-5,8H2,1-3H3,(H,16,18). The summed E-state index contributed by atoms with van der Waals surface area (Å²) in [5.74, 6) is -0.0540. The van der Waals surface area contributed by atoms with Gasteiger partial charge in [-0.25, -0.2) is 0 Å². The van der Waals surface area contributed by atoms with E-state index in [4.69, 9.17) is 11.6 Å². The van der Waals surface area contributed by atoms with Crippen LogP contribution in [0.5, 0.6) is 0 Å². The summed E-state index contributed by atoms with van der Waals surface area (Å²) in [5, 5.41) is 12.8. The van der Waals surface area contributed by atoms with Crippen molar-refractivity contribution in [2.45, 2.75) is 45.6 Å². The van der Waals surface area contributed by atoms with E-state index in [1.165, 1.54) is 11.3 Å². The average molecular weight is 304 g/mol. The number of thiophene rings is 1. The van der Waals surface area contributed by atoms with Crippen LogP contribution in [0, 0.1) is 5.92 Å². The monoisotopic (exact) mass is 303 g/mol. The largest absolute Gasteiger partial charge is 0.391 e. The number of carbonyl (C=O) groups excluding carboxylic acids is 1. The summed E-state index contributed by atoms with van der Waals surface area (Å²) in [6.45, 7) is 6.26. The van der Waals surface area contributed by atoms with Gasteiger partial charge in [0.15, 0.2) is 0 Å². The van der Waals surface area contributed by atoms with Crippen molar-refractivity contribution in [3.8, 4) is 0 Å². The van der Waals surface area contributed by atoms with Crippen LogP contribution in [0.3, 0.4) is 0 Å². The van der Waals surface area contributed by atoms with E-state index < -0.39 is 6.10 Å². The van der Waals surface area contributed by atoms with Gasteiger partial charge in [0, 0.05) is 11.4 Å². The molecule has 1 heterocycles. The molecule has 0 radical (unpaired) electrons. The number of nitrogens with one attached hydrogen (secondary N) is 1. The first-order chi connectivity index (χ1) is 8.99. The Morgan fingerprint density at radius 1 is 1.42 bits per heavy atom. The molecule has 0 aromatic carbocycles. The maximum atomic E-state index is 12.0. The summed E-state index contributed by atoms with van der Waals surface area (Å²) in [5.41, 5.74) is 0. The number of hydrogen-bond acceptors (Lipinski definition) is 3. The lowest BCUT2D eigenvalue weighted by atomic mass is 9.96. The van der Waals surface area contributed by atoms with Gasteiger partial charge in [0.25, 0.3) is 0 Å². The van der Waals surface area contributed by atoms with E-state index in [2.05, 4.69) is 19.2 Å². The van der Waals surface area contributed by atoms with Crippen LogP contribution in [0.1, 0.15) is 44.4 Å². The maximum absolute atomic E-state index is 12.0. The minimum Gasteiger partial charge on any atom is -0.391 e. The minimum atomic E-state index is -0.474.